The van der Waals surface area contributed by atoms with Crippen molar-refractivity contribution < 1.29 is 24.1 Å². The van der Waals surface area contributed by atoms with E-state index >= 15 is 0 Å². The summed E-state index contributed by atoms with van der Waals surface area (Å²) in [7, 11) is 0. The van der Waals surface area contributed by atoms with Crippen molar-refractivity contribution in [3.63, 3.8) is 0 Å². The summed E-state index contributed by atoms with van der Waals surface area (Å²) in [6.07, 6.45) is -0.822. The minimum atomic E-state index is -0.822. The van der Waals surface area contributed by atoms with Crippen molar-refractivity contribution in [3.05, 3.63) is 65.0 Å². The molecule has 0 aliphatic carbocycles. The van der Waals surface area contributed by atoms with Crippen molar-refractivity contribution in [2.45, 2.75) is 6.10 Å². The quantitative estimate of drug-likeness (QED) is 0.675. The molecule has 0 radical (unpaired) electrons. The summed E-state index contributed by atoms with van der Waals surface area (Å²) in [4.78, 5) is 11.3. The van der Waals surface area contributed by atoms with Crippen molar-refractivity contribution in [2.24, 2.45) is 0 Å². The highest BCUT2D eigenvalue weighted by molar-refractivity contribution is 5.83. The Labute approximate surface area is 137 Å². The van der Waals surface area contributed by atoms with E-state index < -0.39 is 11.7 Å². The minimum Gasteiger partial charge on any atom is -0.507 e. The van der Waals surface area contributed by atoms with Crippen molar-refractivity contribution in [1.82, 2.24) is 0 Å². The predicted octanol–water partition coefficient (Wildman–Crippen LogP) is 2.32. The SMILES string of the molecule is O=c1cc(O)c2ccc(OCC(O)COc3ccccc3)cc2o1. The maximum absolute atomic E-state index is 11.3. The lowest BCUT2D eigenvalue weighted by atomic mass is 10.2. The molecule has 1 heterocycles. The molecule has 0 bridgehead atoms. The van der Waals surface area contributed by atoms with Gasteiger partial charge in [-0.2, -0.15) is 0 Å². The van der Waals surface area contributed by atoms with Gasteiger partial charge in [-0.25, -0.2) is 4.79 Å². The molecule has 24 heavy (non-hydrogen) atoms. The Bertz CT molecular complexity index is 872. The second-order valence-electron chi connectivity index (χ2n) is 5.20. The van der Waals surface area contributed by atoms with E-state index in [-0.39, 0.29) is 24.5 Å². The van der Waals surface area contributed by atoms with E-state index in [0.717, 1.165) is 6.07 Å². The number of aliphatic hydroxyl groups is 1. The van der Waals surface area contributed by atoms with Crippen LogP contribution >= 0.6 is 0 Å². The molecule has 0 fully saturated rings. The van der Waals surface area contributed by atoms with Crippen molar-refractivity contribution in [2.75, 3.05) is 13.2 Å². The molecule has 124 valence electrons. The van der Waals surface area contributed by atoms with Gasteiger partial charge in [-0.15, -0.1) is 0 Å². The Morgan fingerprint density at radius 2 is 1.67 bits per heavy atom. The Hall–Kier alpha value is -2.99. The molecular weight excluding hydrogens is 312 g/mol. The average molecular weight is 328 g/mol. The van der Waals surface area contributed by atoms with Crippen LogP contribution in [0, 0.1) is 0 Å². The van der Waals surface area contributed by atoms with E-state index in [1.807, 2.05) is 18.2 Å². The molecule has 2 N–H and O–H groups in total. The molecule has 0 amide bonds. The highest BCUT2D eigenvalue weighted by atomic mass is 16.5. The number of hydrogen-bond donors (Lipinski definition) is 2. The zero-order valence-electron chi connectivity index (χ0n) is 12.7. The number of fused-ring (bicyclic) bond motifs is 1. The predicted molar refractivity (Wildman–Crippen MR) is 87.6 cm³/mol. The number of aromatic hydroxyl groups is 1. The van der Waals surface area contributed by atoms with Gasteiger partial charge < -0.3 is 24.1 Å². The van der Waals surface area contributed by atoms with E-state index in [2.05, 4.69) is 0 Å². The highest BCUT2D eigenvalue weighted by Crippen LogP contribution is 2.26. The van der Waals surface area contributed by atoms with E-state index in [1.54, 1.807) is 24.3 Å². The zero-order chi connectivity index (χ0) is 16.9. The first-order valence-electron chi connectivity index (χ1n) is 7.37. The minimum absolute atomic E-state index is 0.0153. The molecule has 3 aromatic rings. The van der Waals surface area contributed by atoms with Gasteiger partial charge in [0, 0.05) is 6.07 Å². The smallest absolute Gasteiger partial charge is 0.339 e. The van der Waals surface area contributed by atoms with E-state index in [1.165, 1.54) is 6.07 Å². The lowest BCUT2D eigenvalue weighted by molar-refractivity contribution is 0.0626. The third-order valence-electron chi connectivity index (χ3n) is 3.32. The summed E-state index contributed by atoms with van der Waals surface area (Å²) in [5, 5.41) is 20.0. The summed E-state index contributed by atoms with van der Waals surface area (Å²) in [6.45, 7) is 0.106. The first kappa shape index (κ1) is 15.9. The van der Waals surface area contributed by atoms with Gasteiger partial charge in [0.1, 0.15) is 42.1 Å². The third kappa shape index (κ3) is 3.85. The van der Waals surface area contributed by atoms with Crippen LogP contribution in [0.5, 0.6) is 17.2 Å². The number of rotatable bonds is 6. The molecule has 1 atom stereocenters. The lowest BCUT2D eigenvalue weighted by Gasteiger charge is -2.13. The zero-order valence-corrected chi connectivity index (χ0v) is 12.7. The average Bonchev–Trinajstić information content (AvgIpc) is 2.58. The van der Waals surface area contributed by atoms with Crippen LogP contribution in [-0.2, 0) is 0 Å². The number of ether oxygens (including phenoxy) is 2. The van der Waals surface area contributed by atoms with Crippen LogP contribution in [0.4, 0.5) is 0 Å². The molecule has 2 aromatic carbocycles. The number of hydrogen-bond acceptors (Lipinski definition) is 6. The first-order valence-corrected chi connectivity index (χ1v) is 7.37. The van der Waals surface area contributed by atoms with Crippen LogP contribution in [0.1, 0.15) is 0 Å². The summed E-state index contributed by atoms with van der Waals surface area (Å²) >= 11 is 0. The summed E-state index contributed by atoms with van der Waals surface area (Å²) in [6, 6.07) is 14.9. The fourth-order valence-corrected chi connectivity index (χ4v) is 2.17. The highest BCUT2D eigenvalue weighted by Gasteiger charge is 2.09. The van der Waals surface area contributed by atoms with Crippen LogP contribution < -0.4 is 15.1 Å². The van der Waals surface area contributed by atoms with Crippen LogP contribution in [0.15, 0.2) is 63.8 Å². The standard InChI is InChI=1S/C18H16O6/c19-12(10-22-13-4-2-1-3-5-13)11-23-14-6-7-15-16(20)9-18(21)24-17(15)8-14/h1-9,12,19-20H,10-11H2. The van der Waals surface area contributed by atoms with Crippen LogP contribution in [0.2, 0.25) is 0 Å². The molecule has 1 aromatic heterocycles. The molecule has 0 saturated heterocycles. The number of para-hydroxylation sites is 1. The van der Waals surface area contributed by atoms with Crippen molar-refractivity contribution in [3.8, 4) is 17.2 Å². The fraction of sp³-hybridized carbons (Fsp3) is 0.167. The monoisotopic (exact) mass is 328 g/mol. The van der Waals surface area contributed by atoms with E-state index in [0.29, 0.717) is 16.9 Å². The van der Waals surface area contributed by atoms with Gasteiger partial charge in [-0.1, -0.05) is 18.2 Å². The van der Waals surface area contributed by atoms with Gasteiger partial charge in [0.15, 0.2) is 0 Å². The van der Waals surface area contributed by atoms with Gasteiger partial charge >= 0.3 is 5.63 Å². The van der Waals surface area contributed by atoms with Gasteiger partial charge in [-0.3, -0.25) is 0 Å². The molecule has 0 saturated carbocycles. The maximum Gasteiger partial charge on any atom is 0.339 e. The summed E-state index contributed by atoms with van der Waals surface area (Å²) in [5.74, 6) is 0.929. The second kappa shape index (κ2) is 7.06. The second-order valence-corrected chi connectivity index (χ2v) is 5.20. The largest absolute Gasteiger partial charge is 0.507 e. The molecule has 3 rings (SSSR count). The topological polar surface area (TPSA) is 89.1 Å². The summed E-state index contributed by atoms with van der Waals surface area (Å²) < 4.78 is 15.9. The lowest BCUT2D eigenvalue weighted by Crippen LogP contribution is -2.25. The van der Waals surface area contributed by atoms with E-state index in [4.69, 9.17) is 13.9 Å². The molecule has 6 nitrogen and oxygen atoms in total. The van der Waals surface area contributed by atoms with Gasteiger partial charge in [0.2, 0.25) is 0 Å². The maximum atomic E-state index is 11.3. The van der Waals surface area contributed by atoms with E-state index in [9.17, 15) is 15.0 Å². The molecule has 1 unspecified atom stereocenters. The van der Waals surface area contributed by atoms with Crippen molar-refractivity contribution >= 4 is 11.0 Å². The molecular formula is C18H16O6. The Morgan fingerprint density at radius 3 is 2.42 bits per heavy atom. The van der Waals surface area contributed by atoms with Gasteiger partial charge in [-0.05, 0) is 24.3 Å². The first-order chi connectivity index (χ1) is 11.6. The van der Waals surface area contributed by atoms with Crippen molar-refractivity contribution in [1.29, 1.82) is 0 Å². The fourth-order valence-electron chi connectivity index (χ4n) is 2.17. The Kier molecular flexibility index (Phi) is 4.67. The van der Waals surface area contributed by atoms with Gasteiger partial charge in [0.25, 0.3) is 0 Å². The molecule has 0 aliphatic heterocycles. The molecule has 0 spiro atoms. The van der Waals surface area contributed by atoms with Crippen LogP contribution in [-0.4, -0.2) is 29.5 Å². The summed E-state index contributed by atoms with van der Waals surface area (Å²) in [5.41, 5.74) is -0.430. The number of benzene rings is 2. The van der Waals surface area contributed by atoms with Crippen LogP contribution in [0.3, 0.4) is 0 Å². The Balaban J connectivity index is 1.60. The molecule has 6 heteroatoms. The number of aliphatic hydroxyl groups excluding tert-OH is 1. The third-order valence-corrected chi connectivity index (χ3v) is 3.32. The van der Waals surface area contributed by atoms with Crippen LogP contribution in [0.25, 0.3) is 11.0 Å². The van der Waals surface area contributed by atoms with Gasteiger partial charge in [0.05, 0.1) is 11.5 Å². The molecule has 0 aliphatic rings. The Morgan fingerprint density at radius 1 is 0.958 bits per heavy atom. The normalized spacial score (nSPS) is 12.0.